The summed E-state index contributed by atoms with van der Waals surface area (Å²) < 4.78 is 0. The van der Waals surface area contributed by atoms with Crippen molar-refractivity contribution >= 4 is 17.5 Å². The monoisotopic (exact) mass is 277 g/mol. The molecule has 6 heteroatoms. The number of nitrogens with two attached hydrogens (primary N) is 2. The minimum Gasteiger partial charge on any atom is -0.384 e. The Morgan fingerprint density at radius 3 is 2.85 bits per heavy atom. The first kappa shape index (κ1) is 14.6. The lowest BCUT2D eigenvalue weighted by molar-refractivity contribution is -0.122. The van der Waals surface area contributed by atoms with Crippen LogP contribution in [0.3, 0.4) is 0 Å². The van der Waals surface area contributed by atoms with Crippen LogP contribution in [0.2, 0.25) is 0 Å². The normalized spacial score (nSPS) is 22.8. The topological polar surface area (TPSA) is 98.1 Å². The maximum absolute atomic E-state index is 11.4. The van der Waals surface area contributed by atoms with Crippen LogP contribution in [0.15, 0.2) is 6.07 Å². The highest BCUT2D eigenvalue weighted by Gasteiger charge is 2.29. The van der Waals surface area contributed by atoms with Gasteiger partial charge in [-0.05, 0) is 26.2 Å². The zero-order chi connectivity index (χ0) is 14.7. The lowest BCUT2D eigenvalue weighted by atomic mass is 9.93. The summed E-state index contributed by atoms with van der Waals surface area (Å²) in [7, 11) is 0. The third-order valence-corrected chi connectivity index (χ3v) is 3.83. The fourth-order valence-corrected chi connectivity index (χ4v) is 2.64. The van der Waals surface area contributed by atoms with Crippen LogP contribution in [0.25, 0.3) is 0 Å². The van der Waals surface area contributed by atoms with Gasteiger partial charge >= 0.3 is 0 Å². The summed E-state index contributed by atoms with van der Waals surface area (Å²) in [5.74, 6) is 1.69. The molecular formula is C14H23N5O. The van der Waals surface area contributed by atoms with Gasteiger partial charge in [0.15, 0.2) is 0 Å². The van der Waals surface area contributed by atoms with Crippen LogP contribution in [0.5, 0.6) is 0 Å². The lowest BCUT2D eigenvalue weighted by Crippen LogP contribution is -2.46. The summed E-state index contributed by atoms with van der Waals surface area (Å²) >= 11 is 0. The molecule has 2 atom stereocenters. The molecule has 1 saturated heterocycles. The van der Waals surface area contributed by atoms with Gasteiger partial charge in [0.1, 0.15) is 17.5 Å². The van der Waals surface area contributed by atoms with Crippen LogP contribution in [-0.4, -0.2) is 28.5 Å². The van der Waals surface area contributed by atoms with Crippen LogP contribution in [0.4, 0.5) is 11.6 Å². The molecule has 2 heterocycles. The van der Waals surface area contributed by atoms with Crippen LogP contribution in [-0.2, 0) is 11.2 Å². The summed E-state index contributed by atoms with van der Waals surface area (Å²) in [5.41, 5.74) is 11.3. The minimum atomic E-state index is -0.238. The predicted molar refractivity (Wildman–Crippen MR) is 79.2 cm³/mol. The first-order valence-corrected chi connectivity index (χ1v) is 7.20. The summed E-state index contributed by atoms with van der Waals surface area (Å²) in [6.07, 6.45) is 3.55. The molecule has 1 aromatic heterocycles. The van der Waals surface area contributed by atoms with Gasteiger partial charge in [0.2, 0.25) is 5.91 Å². The predicted octanol–water partition coefficient (Wildman–Crippen LogP) is 1.10. The Kier molecular flexibility index (Phi) is 4.42. The largest absolute Gasteiger partial charge is 0.384 e. The number of anilines is 2. The molecule has 0 aliphatic carbocycles. The van der Waals surface area contributed by atoms with Gasteiger partial charge in [-0.15, -0.1) is 0 Å². The number of amides is 1. The van der Waals surface area contributed by atoms with Crippen molar-refractivity contribution < 1.29 is 4.79 Å². The number of aromatic nitrogens is 2. The van der Waals surface area contributed by atoms with Gasteiger partial charge in [0.05, 0.1) is 5.92 Å². The second-order valence-electron chi connectivity index (χ2n) is 5.50. The van der Waals surface area contributed by atoms with Crippen LogP contribution in [0.1, 0.15) is 38.9 Å². The Hall–Kier alpha value is -1.85. The average molecular weight is 277 g/mol. The number of nitrogens with zero attached hydrogens (tertiary/aromatic N) is 3. The van der Waals surface area contributed by atoms with Crippen LogP contribution in [0, 0.1) is 5.92 Å². The number of rotatable bonds is 4. The first-order valence-electron chi connectivity index (χ1n) is 7.20. The van der Waals surface area contributed by atoms with Crippen molar-refractivity contribution in [3.05, 3.63) is 11.9 Å². The van der Waals surface area contributed by atoms with E-state index < -0.39 is 0 Å². The number of hydrogen-bond acceptors (Lipinski definition) is 5. The number of primary amides is 1. The Morgan fingerprint density at radius 2 is 2.20 bits per heavy atom. The molecule has 2 unspecified atom stereocenters. The van der Waals surface area contributed by atoms with E-state index in [4.69, 9.17) is 11.5 Å². The van der Waals surface area contributed by atoms with E-state index in [1.165, 1.54) is 0 Å². The first-order chi connectivity index (χ1) is 9.51. The average Bonchev–Trinajstić information content (AvgIpc) is 2.38. The summed E-state index contributed by atoms with van der Waals surface area (Å²) in [4.78, 5) is 22.4. The number of hydrogen-bond donors (Lipinski definition) is 2. The van der Waals surface area contributed by atoms with Gasteiger partial charge in [0, 0.05) is 25.1 Å². The number of carbonyl (C=O) groups excluding carboxylic acids is 1. The van der Waals surface area contributed by atoms with E-state index in [1.54, 1.807) is 6.07 Å². The highest BCUT2D eigenvalue weighted by atomic mass is 16.1. The molecule has 2 rings (SSSR count). The molecule has 0 bridgehead atoms. The Morgan fingerprint density at radius 1 is 1.45 bits per heavy atom. The minimum absolute atomic E-state index is 0.114. The summed E-state index contributed by atoms with van der Waals surface area (Å²) in [6, 6.07) is 2.10. The molecule has 1 fully saturated rings. The number of piperidine rings is 1. The van der Waals surface area contributed by atoms with Crippen molar-refractivity contribution in [1.29, 1.82) is 0 Å². The third kappa shape index (κ3) is 3.18. The second-order valence-corrected chi connectivity index (χ2v) is 5.50. The van der Waals surface area contributed by atoms with E-state index in [-0.39, 0.29) is 11.8 Å². The summed E-state index contributed by atoms with van der Waals surface area (Å²) in [6.45, 7) is 4.83. The molecule has 6 nitrogen and oxygen atoms in total. The zero-order valence-corrected chi connectivity index (χ0v) is 12.2. The molecule has 0 spiro atoms. The van der Waals surface area contributed by atoms with Crippen molar-refractivity contribution in [3.63, 3.8) is 0 Å². The van der Waals surface area contributed by atoms with Gasteiger partial charge in [-0.25, -0.2) is 9.97 Å². The molecule has 0 radical (unpaired) electrons. The van der Waals surface area contributed by atoms with Crippen molar-refractivity contribution in [2.45, 2.75) is 45.6 Å². The van der Waals surface area contributed by atoms with Gasteiger partial charge in [-0.3, -0.25) is 4.79 Å². The number of nitrogen functional groups attached to an aromatic ring is 1. The SMILES string of the molecule is CCCc1nc(N)cc(N2CC(C(N)=O)CCC2C)n1. The number of carbonyl (C=O) groups is 1. The van der Waals surface area contributed by atoms with Crippen LogP contribution >= 0.6 is 0 Å². The van der Waals surface area contributed by atoms with E-state index in [2.05, 4.69) is 28.7 Å². The maximum Gasteiger partial charge on any atom is 0.222 e. The third-order valence-electron chi connectivity index (χ3n) is 3.83. The molecular weight excluding hydrogens is 254 g/mol. The fourth-order valence-electron chi connectivity index (χ4n) is 2.64. The Bertz CT molecular complexity index is 490. The number of aryl methyl sites for hydroxylation is 1. The van der Waals surface area contributed by atoms with E-state index >= 15 is 0 Å². The van der Waals surface area contributed by atoms with Gasteiger partial charge in [-0.2, -0.15) is 0 Å². The van der Waals surface area contributed by atoms with Gasteiger partial charge < -0.3 is 16.4 Å². The van der Waals surface area contributed by atoms with Crippen LogP contribution < -0.4 is 16.4 Å². The van der Waals surface area contributed by atoms with E-state index in [0.717, 1.165) is 37.3 Å². The van der Waals surface area contributed by atoms with Crippen molar-refractivity contribution in [2.24, 2.45) is 11.7 Å². The van der Waals surface area contributed by atoms with Gasteiger partial charge in [0.25, 0.3) is 0 Å². The molecule has 4 N–H and O–H groups in total. The van der Waals surface area contributed by atoms with Crippen molar-refractivity contribution in [1.82, 2.24) is 9.97 Å². The maximum atomic E-state index is 11.4. The molecule has 0 saturated carbocycles. The van der Waals surface area contributed by atoms with Gasteiger partial charge in [-0.1, -0.05) is 6.92 Å². The molecule has 20 heavy (non-hydrogen) atoms. The standard InChI is InChI=1S/C14H23N5O/c1-3-4-12-17-11(15)7-13(18-12)19-8-10(14(16)20)6-5-9(19)2/h7,9-10H,3-6,8H2,1-2H3,(H2,16,20)(H2,15,17,18). The van der Waals surface area contributed by atoms with E-state index in [9.17, 15) is 4.79 Å². The van der Waals surface area contributed by atoms with Crippen molar-refractivity contribution in [2.75, 3.05) is 17.2 Å². The second kappa shape index (κ2) is 6.07. The molecule has 110 valence electrons. The molecule has 0 aromatic carbocycles. The molecule has 1 aromatic rings. The summed E-state index contributed by atoms with van der Waals surface area (Å²) in [5, 5.41) is 0. The highest BCUT2D eigenvalue weighted by Crippen LogP contribution is 2.27. The zero-order valence-electron chi connectivity index (χ0n) is 12.2. The highest BCUT2D eigenvalue weighted by molar-refractivity contribution is 5.77. The van der Waals surface area contributed by atoms with Crippen molar-refractivity contribution in [3.8, 4) is 0 Å². The lowest BCUT2D eigenvalue weighted by Gasteiger charge is -2.37. The Balaban J connectivity index is 2.26. The molecule has 1 amide bonds. The smallest absolute Gasteiger partial charge is 0.222 e. The molecule has 1 aliphatic heterocycles. The Labute approximate surface area is 119 Å². The quantitative estimate of drug-likeness (QED) is 0.858. The fraction of sp³-hybridized carbons (Fsp3) is 0.643. The van der Waals surface area contributed by atoms with E-state index in [1.807, 2.05) is 0 Å². The molecule has 1 aliphatic rings. The van der Waals surface area contributed by atoms with E-state index in [0.29, 0.717) is 18.4 Å².